The van der Waals surface area contributed by atoms with Gasteiger partial charge in [-0.1, -0.05) is 6.07 Å². The van der Waals surface area contributed by atoms with Crippen LogP contribution >= 0.6 is 0 Å². The number of rotatable bonds is 4. The molecule has 0 fully saturated rings. The first-order chi connectivity index (χ1) is 9.02. The van der Waals surface area contributed by atoms with Crippen molar-refractivity contribution in [3.8, 4) is 11.4 Å². The second-order valence-corrected chi connectivity index (χ2v) is 4.16. The third-order valence-electron chi connectivity index (χ3n) is 2.65. The molecule has 0 radical (unpaired) electrons. The molecule has 0 bridgehead atoms. The molecule has 19 heavy (non-hydrogen) atoms. The van der Waals surface area contributed by atoms with Crippen LogP contribution in [0.15, 0.2) is 24.3 Å². The Morgan fingerprint density at radius 1 is 1.42 bits per heavy atom. The Morgan fingerprint density at radius 2 is 2.16 bits per heavy atom. The maximum Gasteiger partial charge on any atom is 0.356 e. The number of methoxy groups -OCH3 is 1. The molecule has 0 aliphatic rings. The minimum atomic E-state index is -1.12. The summed E-state index contributed by atoms with van der Waals surface area (Å²) in [6, 6.07) is 6.46. The van der Waals surface area contributed by atoms with Gasteiger partial charge in [0.05, 0.1) is 12.3 Å². The number of benzene rings is 1. The number of carboxylic acids is 1. The average molecular weight is 262 g/mol. The number of carboxylic acid groups (broad SMARTS) is 1. The van der Waals surface area contributed by atoms with Gasteiger partial charge in [0.15, 0.2) is 5.69 Å². The van der Waals surface area contributed by atoms with Crippen molar-refractivity contribution in [2.24, 2.45) is 0 Å². The highest BCUT2D eigenvalue weighted by Gasteiger charge is 2.16. The smallest absolute Gasteiger partial charge is 0.356 e. The first kappa shape index (κ1) is 13.1. The predicted octanol–water partition coefficient (Wildman–Crippen LogP) is 1.73. The summed E-state index contributed by atoms with van der Waals surface area (Å²) in [5.74, 6) is -1.09. The molecule has 0 aliphatic carbocycles. The summed E-state index contributed by atoms with van der Waals surface area (Å²) in [7, 11) is 1.51. The summed E-state index contributed by atoms with van der Waals surface area (Å²) in [4.78, 5) is 11.0. The second-order valence-electron chi connectivity index (χ2n) is 4.16. The van der Waals surface area contributed by atoms with Crippen LogP contribution in [0.2, 0.25) is 0 Å². The molecule has 1 heterocycles. The molecule has 0 spiro atoms. The summed E-state index contributed by atoms with van der Waals surface area (Å²) in [6.07, 6.45) is 0. The normalized spacial score (nSPS) is 10.6. The molecule has 2 aromatic rings. The zero-order valence-corrected chi connectivity index (χ0v) is 10.6. The van der Waals surface area contributed by atoms with E-state index in [0.717, 1.165) is 5.56 Å². The Morgan fingerprint density at radius 3 is 2.79 bits per heavy atom. The molecular formula is C13H14N2O4. The molecule has 0 aliphatic heterocycles. The third-order valence-corrected chi connectivity index (χ3v) is 2.65. The fraction of sp³-hybridized carbons (Fsp3) is 0.231. The number of aromatic nitrogens is 2. The molecular weight excluding hydrogens is 248 g/mol. The van der Waals surface area contributed by atoms with Gasteiger partial charge in [0, 0.05) is 7.11 Å². The standard InChI is InChI=1S/C13H14N2O4/c1-8-3-4-12(16)11(5-8)15-9(7-19-2)6-10(14-15)13(17)18/h3-6,16H,7H2,1-2H3,(H,17,18). The number of aromatic hydroxyl groups is 1. The second kappa shape index (κ2) is 5.11. The lowest BCUT2D eigenvalue weighted by Gasteiger charge is -2.09. The molecule has 0 atom stereocenters. The number of aryl methyl sites for hydroxylation is 1. The summed E-state index contributed by atoms with van der Waals surface area (Å²) >= 11 is 0. The predicted molar refractivity (Wildman–Crippen MR) is 67.6 cm³/mol. The molecule has 0 saturated heterocycles. The monoisotopic (exact) mass is 262 g/mol. The van der Waals surface area contributed by atoms with Crippen LogP contribution in [0.25, 0.3) is 5.69 Å². The van der Waals surface area contributed by atoms with Crippen LogP contribution in [0.1, 0.15) is 21.7 Å². The van der Waals surface area contributed by atoms with Crippen LogP contribution in [0, 0.1) is 6.92 Å². The van der Waals surface area contributed by atoms with E-state index in [9.17, 15) is 9.90 Å². The van der Waals surface area contributed by atoms with Crippen molar-refractivity contribution in [1.82, 2.24) is 9.78 Å². The highest BCUT2D eigenvalue weighted by atomic mass is 16.5. The van der Waals surface area contributed by atoms with Gasteiger partial charge in [-0.15, -0.1) is 0 Å². The van der Waals surface area contributed by atoms with E-state index in [1.54, 1.807) is 18.2 Å². The van der Waals surface area contributed by atoms with Gasteiger partial charge in [0.1, 0.15) is 11.4 Å². The SMILES string of the molecule is COCc1cc(C(=O)O)nn1-c1cc(C)ccc1O. The zero-order valence-electron chi connectivity index (χ0n) is 10.6. The number of phenols is 1. The molecule has 0 saturated carbocycles. The van der Waals surface area contributed by atoms with Gasteiger partial charge in [0.2, 0.25) is 0 Å². The summed E-state index contributed by atoms with van der Waals surface area (Å²) in [5, 5.41) is 22.8. The quantitative estimate of drug-likeness (QED) is 0.876. The number of phenolic OH excluding ortho intramolecular Hbond substituents is 1. The van der Waals surface area contributed by atoms with Crippen LogP contribution in [-0.4, -0.2) is 33.1 Å². The van der Waals surface area contributed by atoms with E-state index in [0.29, 0.717) is 11.4 Å². The molecule has 0 unspecified atom stereocenters. The Balaban J connectivity index is 2.59. The summed E-state index contributed by atoms with van der Waals surface area (Å²) in [5.41, 5.74) is 1.83. The van der Waals surface area contributed by atoms with Crippen LogP contribution in [0.5, 0.6) is 5.75 Å². The fourth-order valence-corrected chi connectivity index (χ4v) is 1.79. The topological polar surface area (TPSA) is 84.6 Å². The van der Waals surface area contributed by atoms with E-state index >= 15 is 0 Å². The highest BCUT2D eigenvalue weighted by Crippen LogP contribution is 2.24. The van der Waals surface area contributed by atoms with Gasteiger partial charge in [-0.2, -0.15) is 5.10 Å². The molecule has 0 amide bonds. The largest absolute Gasteiger partial charge is 0.506 e. The van der Waals surface area contributed by atoms with Crippen LogP contribution in [0.4, 0.5) is 0 Å². The zero-order chi connectivity index (χ0) is 14.0. The van der Waals surface area contributed by atoms with E-state index in [1.165, 1.54) is 17.9 Å². The average Bonchev–Trinajstić information content (AvgIpc) is 2.77. The number of aromatic carboxylic acids is 1. The van der Waals surface area contributed by atoms with Crippen LogP contribution in [0.3, 0.4) is 0 Å². The Bertz CT molecular complexity index is 619. The highest BCUT2D eigenvalue weighted by molar-refractivity contribution is 5.85. The van der Waals surface area contributed by atoms with Crippen molar-refractivity contribution in [2.75, 3.05) is 7.11 Å². The maximum absolute atomic E-state index is 11.0. The lowest BCUT2D eigenvalue weighted by molar-refractivity contribution is 0.0690. The van der Waals surface area contributed by atoms with Crippen molar-refractivity contribution in [1.29, 1.82) is 0 Å². The first-order valence-corrected chi connectivity index (χ1v) is 5.64. The van der Waals surface area contributed by atoms with Gasteiger partial charge in [-0.25, -0.2) is 9.48 Å². The van der Waals surface area contributed by atoms with Crippen molar-refractivity contribution in [3.05, 3.63) is 41.2 Å². The van der Waals surface area contributed by atoms with Gasteiger partial charge in [-0.05, 0) is 30.7 Å². The molecule has 2 N–H and O–H groups in total. The Kier molecular flexibility index (Phi) is 3.52. The number of nitrogens with zero attached hydrogens (tertiary/aromatic N) is 2. The lowest BCUT2D eigenvalue weighted by Crippen LogP contribution is -2.05. The molecule has 100 valence electrons. The van der Waals surface area contributed by atoms with E-state index in [-0.39, 0.29) is 18.1 Å². The van der Waals surface area contributed by atoms with E-state index in [4.69, 9.17) is 9.84 Å². The van der Waals surface area contributed by atoms with E-state index in [2.05, 4.69) is 5.10 Å². The minimum Gasteiger partial charge on any atom is -0.506 e. The van der Waals surface area contributed by atoms with Gasteiger partial charge >= 0.3 is 5.97 Å². The van der Waals surface area contributed by atoms with E-state index in [1.807, 2.05) is 6.92 Å². The molecule has 2 rings (SSSR count). The van der Waals surface area contributed by atoms with Crippen molar-refractivity contribution >= 4 is 5.97 Å². The van der Waals surface area contributed by atoms with Gasteiger partial charge < -0.3 is 14.9 Å². The lowest BCUT2D eigenvalue weighted by atomic mass is 10.2. The van der Waals surface area contributed by atoms with Crippen molar-refractivity contribution < 1.29 is 19.7 Å². The van der Waals surface area contributed by atoms with Crippen LogP contribution < -0.4 is 0 Å². The number of carbonyl (C=O) groups is 1. The van der Waals surface area contributed by atoms with Gasteiger partial charge in [0.25, 0.3) is 0 Å². The Hall–Kier alpha value is -2.34. The van der Waals surface area contributed by atoms with Crippen molar-refractivity contribution in [3.63, 3.8) is 0 Å². The molecule has 6 heteroatoms. The van der Waals surface area contributed by atoms with Crippen molar-refractivity contribution in [2.45, 2.75) is 13.5 Å². The van der Waals surface area contributed by atoms with E-state index < -0.39 is 5.97 Å². The molecule has 1 aromatic heterocycles. The third kappa shape index (κ3) is 2.58. The summed E-state index contributed by atoms with van der Waals surface area (Å²) in [6.45, 7) is 2.08. The minimum absolute atomic E-state index is 0.0305. The first-order valence-electron chi connectivity index (χ1n) is 5.64. The fourth-order valence-electron chi connectivity index (χ4n) is 1.79. The maximum atomic E-state index is 11.0. The number of hydrogen-bond donors (Lipinski definition) is 2. The Labute approximate surface area is 109 Å². The number of ether oxygens (including phenoxy) is 1. The molecule has 1 aromatic carbocycles. The summed E-state index contributed by atoms with van der Waals surface area (Å²) < 4.78 is 6.40. The van der Waals surface area contributed by atoms with Gasteiger partial charge in [-0.3, -0.25) is 0 Å². The molecule has 6 nitrogen and oxygen atoms in total. The van der Waals surface area contributed by atoms with Crippen LogP contribution in [-0.2, 0) is 11.3 Å². The number of hydrogen-bond acceptors (Lipinski definition) is 4.